The van der Waals surface area contributed by atoms with E-state index in [-0.39, 0.29) is 11.4 Å². The number of rotatable bonds is 2. The molecule has 0 saturated carbocycles. The number of thiophene rings is 1. The van der Waals surface area contributed by atoms with Gasteiger partial charge in [-0.25, -0.2) is 0 Å². The van der Waals surface area contributed by atoms with E-state index in [9.17, 15) is 18.0 Å². The molecule has 2 aromatic rings. The van der Waals surface area contributed by atoms with Gasteiger partial charge in [0.15, 0.2) is 0 Å². The second-order valence-corrected chi connectivity index (χ2v) is 6.32. The van der Waals surface area contributed by atoms with Crippen LogP contribution >= 0.6 is 27.3 Å². The molecule has 1 amide bonds. The number of anilines is 2. The van der Waals surface area contributed by atoms with Crippen LogP contribution < -0.4 is 11.1 Å². The summed E-state index contributed by atoms with van der Waals surface area (Å²) in [6, 6.07) is 6.51. The van der Waals surface area contributed by atoms with Gasteiger partial charge in [0.2, 0.25) is 0 Å². The molecule has 0 fully saturated rings. The highest BCUT2D eigenvalue weighted by Gasteiger charge is 2.33. The molecule has 1 heterocycles. The zero-order valence-electron chi connectivity index (χ0n) is 9.79. The number of carbonyl (C=O) groups excluding carboxylic acids is 1. The quantitative estimate of drug-likeness (QED) is 0.777. The zero-order valence-corrected chi connectivity index (χ0v) is 12.2. The normalized spacial score (nSPS) is 11.4. The van der Waals surface area contributed by atoms with Crippen molar-refractivity contribution in [2.24, 2.45) is 0 Å². The molecule has 8 heteroatoms. The van der Waals surface area contributed by atoms with Crippen molar-refractivity contribution in [2.75, 3.05) is 11.1 Å². The molecule has 3 nitrogen and oxygen atoms in total. The second-order valence-electron chi connectivity index (χ2n) is 3.86. The van der Waals surface area contributed by atoms with Crippen molar-refractivity contribution in [3.8, 4) is 0 Å². The second kappa shape index (κ2) is 5.45. The Morgan fingerprint density at radius 2 is 1.95 bits per heavy atom. The summed E-state index contributed by atoms with van der Waals surface area (Å²) in [5, 5.41) is 2.41. The maximum atomic E-state index is 12.7. The zero-order chi connectivity index (χ0) is 14.9. The number of nitrogens with one attached hydrogen (secondary N) is 1. The minimum Gasteiger partial charge on any atom is -0.398 e. The first kappa shape index (κ1) is 14.9. The molecular formula is C12H8BrF3N2OS. The lowest BCUT2D eigenvalue weighted by atomic mass is 10.1. The molecule has 1 aromatic heterocycles. The van der Waals surface area contributed by atoms with Crippen LogP contribution in [0.25, 0.3) is 0 Å². The number of hydrogen-bond acceptors (Lipinski definition) is 3. The first-order chi connectivity index (χ1) is 9.27. The fourth-order valence-electron chi connectivity index (χ4n) is 1.51. The largest absolute Gasteiger partial charge is 0.418 e. The number of nitrogen functional groups attached to an aromatic ring is 1. The molecule has 0 saturated heterocycles. The summed E-state index contributed by atoms with van der Waals surface area (Å²) in [6.45, 7) is 0. The fourth-order valence-corrected chi connectivity index (χ4v) is 2.79. The molecule has 0 bridgehead atoms. The van der Waals surface area contributed by atoms with Crippen molar-refractivity contribution >= 4 is 44.5 Å². The van der Waals surface area contributed by atoms with Gasteiger partial charge in [-0.1, -0.05) is 0 Å². The fraction of sp³-hybridized carbons (Fsp3) is 0.0833. The van der Waals surface area contributed by atoms with Gasteiger partial charge in [-0.15, -0.1) is 11.3 Å². The predicted molar refractivity (Wildman–Crippen MR) is 75.8 cm³/mol. The smallest absolute Gasteiger partial charge is 0.398 e. The Morgan fingerprint density at radius 1 is 1.25 bits per heavy atom. The predicted octanol–water partition coefficient (Wildman–Crippen LogP) is 4.36. The monoisotopic (exact) mass is 364 g/mol. The molecule has 20 heavy (non-hydrogen) atoms. The summed E-state index contributed by atoms with van der Waals surface area (Å²) in [4.78, 5) is 12.2. The molecule has 0 radical (unpaired) electrons. The topological polar surface area (TPSA) is 55.1 Å². The molecule has 2 rings (SSSR count). The standard InChI is InChI=1S/C12H8BrF3N2OS/c13-10-4-3-9(20-10)11(19)18-6-1-2-8(17)7(5-6)12(14,15)16/h1-5H,17H2,(H,18,19). The summed E-state index contributed by atoms with van der Waals surface area (Å²) < 4.78 is 38.8. The van der Waals surface area contributed by atoms with Crippen LogP contribution in [0.2, 0.25) is 0 Å². The summed E-state index contributed by atoms with van der Waals surface area (Å²) >= 11 is 4.39. The summed E-state index contributed by atoms with van der Waals surface area (Å²) in [7, 11) is 0. The van der Waals surface area contributed by atoms with Crippen LogP contribution in [0, 0.1) is 0 Å². The number of amides is 1. The van der Waals surface area contributed by atoms with E-state index in [1.165, 1.54) is 17.4 Å². The molecule has 0 aliphatic rings. The Kier molecular flexibility index (Phi) is 4.05. The van der Waals surface area contributed by atoms with E-state index in [2.05, 4.69) is 21.2 Å². The molecule has 0 spiro atoms. The number of alkyl halides is 3. The molecule has 1 aromatic carbocycles. The number of halogens is 4. The first-order valence-electron chi connectivity index (χ1n) is 5.31. The van der Waals surface area contributed by atoms with E-state index >= 15 is 0 Å². The van der Waals surface area contributed by atoms with Crippen LogP contribution in [0.4, 0.5) is 24.5 Å². The van der Waals surface area contributed by atoms with Crippen molar-refractivity contribution in [1.82, 2.24) is 0 Å². The van der Waals surface area contributed by atoms with E-state index in [1.54, 1.807) is 12.1 Å². The van der Waals surface area contributed by atoms with Crippen LogP contribution in [0.3, 0.4) is 0 Å². The van der Waals surface area contributed by atoms with Gasteiger partial charge in [0, 0.05) is 11.4 Å². The van der Waals surface area contributed by atoms with Crippen molar-refractivity contribution in [1.29, 1.82) is 0 Å². The lowest BCUT2D eigenvalue weighted by molar-refractivity contribution is -0.136. The molecule has 0 unspecified atom stereocenters. The molecule has 106 valence electrons. The third kappa shape index (κ3) is 3.31. The maximum absolute atomic E-state index is 12.7. The Bertz CT molecular complexity index is 654. The Balaban J connectivity index is 2.24. The van der Waals surface area contributed by atoms with E-state index in [0.717, 1.165) is 15.9 Å². The Labute approximate surface area is 124 Å². The van der Waals surface area contributed by atoms with E-state index in [4.69, 9.17) is 5.73 Å². The minimum atomic E-state index is -4.56. The number of nitrogens with two attached hydrogens (primary N) is 1. The first-order valence-corrected chi connectivity index (χ1v) is 6.92. The van der Waals surface area contributed by atoms with Gasteiger partial charge < -0.3 is 11.1 Å². The Hall–Kier alpha value is -1.54. The van der Waals surface area contributed by atoms with Gasteiger partial charge in [0.25, 0.3) is 5.91 Å². The third-order valence-electron chi connectivity index (χ3n) is 2.41. The highest BCUT2D eigenvalue weighted by molar-refractivity contribution is 9.11. The summed E-state index contributed by atoms with van der Waals surface area (Å²) in [6.07, 6.45) is -4.56. The molecule has 0 aliphatic carbocycles. The Morgan fingerprint density at radius 3 is 2.50 bits per heavy atom. The highest BCUT2D eigenvalue weighted by Crippen LogP contribution is 2.35. The van der Waals surface area contributed by atoms with Crippen molar-refractivity contribution < 1.29 is 18.0 Å². The lowest BCUT2D eigenvalue weighted by Crippen LogP contribution is -2.13. The molecule has 0 atom stereocenters. The lowest BCUT2D eigenvalue weighted by Gasteiger charge is -2.12. The number of benzene rings is 1. The van der Waals surface area contributed by atoms with Crippen molar-refractivity contribution in [3.05, 3.63) is 44.6 Å². The number of hydrogen-bond donors (Lipinski definition) is 2. The molecule has 0 aliphatic heterocycles. The van der Waals surface area contributed by atoms with Crippen molar-refractivity contribution in [2.45, 2.75) is 6.18 Å². The molecule has 3 N–H and O–H groups in total. The van der Waals surface area contributed by atoms with Crippen LogP contribution in [0.15, 0.2) is 34.1 Å². The van der Waals surface area contributed by atoms with Crippen LogP contribution in [0.5, 0.6) is 0 Å². The van der Waals surface area contributed by atoms with Gasteiger partial charge in [0.05, 0.1) is 14.2 Å². The molecular weight excluding hydrogens is 357 g/mol. The van der Waals surface area contributed by atoms with Crippen LogP contribution in [-0.2, 0) is 6.18 Å². The highest BCUT2D eigenvalue weighted by atomic mass is 79.9. The van der Waals surface area contributed by atoms with Crippen molar-refractivity contribution in [3.63, 3.8) is 0 Å². The van der Waals surface area contributed by atoms with Gasteiger partial charge >= 0.3 is 6.18 Å². The summed E-state index contributed by atoms with van der Waals surface area (Å²) in [5.74, 6) is -0.474. The third-order valence-corrected chi connectivity index (χ3v) is 4.04. The number of carbonyl (C=O) groups is 1. The van der Waals surface area contributed by atoms with E-state index in [1.807, 2.05) is 0 Å². The van der Waals surface area contributed by atoms with Gasteiger partial charge in [-0.05, 0) is 46.3 Å². The minimum absolute atomic E-state index is 0.0426. The SMILES string of the molecule is Nc1ccc(NC(=O)c2ccc(Br)s2)cc1C(F)(F)F. The van der Waals surface area contributed by atoms with Gasteiger partial charge in [-0.3, -0.25) is 4.79 Å². The van der Waals surface area contributed by atoms with Crippen LogP contribution in [-0.4, -0.2) is 5.91 Å². The average Bonchev–Trinajstić information content (AvgIpc) is 2.77. The van der Waals surface area contributed by atoms with E-state index < -0.39 is 17.6 Å². The summed E-state index contributed by atoms with van der Waals surface area (Å²) in [5.41, 5.74) is 3.98. The van der Waals surface area contributed by atoms with Gasteiger partial charge in [-0.2, -0.15) is 13.2 Å². The maximum Gasteiger partial charge on any atom is 0.418 e. The average molecular weight is 365 g/mol. The van der Waals surface area contributed by atoms with Crippen LogP contribution in [0.1, 0.15) is 15.2 Å². The van der Waals surface area contributed by atoms with E-state index in [0.29, 0.717) is 4.88 Å². The van der Waals surface area contributed by atoms with Gasteiger partial charge in [0.1, 0.15) is 0 Å².